The third kappa shape index (κ3) is 2.78. The maximum Gasteiger partial charge on any atom is 0.273 e. The van der Waals surface area contributed by atoms with Crippen LogP contribution in [0.4, 0.5) is 0 Å². The van der Waals surface area contributed by atoms with Gasteiger partial charge in [-0.1, -0.05) is 18.6 Å². The van der Waals surface area contributed by atoms with Gasteiger partial charge in [0.2, 0.25) is 0 Å². The molecule has 0 radical (unpaired) electrons. The molecule has 1 aromatic rings. The number of carbonyl (C=O) groups excluding carboxylic acids is 1. The molecule has 1 saturated carbocycles. The zero-order valence-corrected chi connectivity index (χ0v) is 11.3. The first kappa shape index (κ1) is 12.6. The van der Waals surface area contributed by atoms with Crippen molar-refractivity contribution in [2.24, 2.45) is 5.92 Å². The van der Waals surface area contributed by atoms with E-state index < -0.39 is 0 Å². The van der Waals surface area contributed by atoms with Crippen molar-refractivity contribution in [1.29, 1.82) is 0 Å². The van der Waals surface area contributed by atoms with Gasteiger partial charge in [-0.2, -0.15) is 0 Å². The van der Waals surface area contributed by atoms with E-state index in [4.69, 9.17) is 0 Å². The van der Waals surface area contributed by atoms with Crippen molar-refractivity contribution in [3.8, 4) is 0 Å². The van der Waals surface area contributed by atoms with Gasteiger partial charge in [0.25, 0.3) is 5.91 Å². The minimum absolute atomic E-state index is 0.0823. The average molecular weight is 263 g/mol. The maximum atomic E-state index is 12.0. The summed E-state index contributed by atoms with van der Waals surface area (Å²) < 4.78 is 1.85. The van der Waals surface area contributed by atoms with Crippen LogP contribution >= 0.6 is 0 Å². The summed E-state index contributed by atoms with van der Waals surface area (Å²) in [5.41, 5.74) is 0.445. The molecule has 2 fully saturated rings. The Hall–Kier alpha value is -1.43. The lowest BCUT2D eigenvalue weighted by atomic mass is 10.1. The molecule has 2 aliphatic rings. The molecule has 1 saturated heterocycles. The normalized spacial score (nSPS) is 27.2. The topological polar surface area (TPSA) is 71.8 Å². The molecular formula is C13H21N5O. The van der Waals surface area contributed by atoms with Crippen LogP contribution < -0.4 is 10.6 Å². The fourth-order valence-corrected chi connectivity index (χ4v) is 2.75. The molecule has 2 N–H and O–H groups in total. The molecule has 1 aliphatic heterocycles. The fourth-order valence-electron chi connectivity index (χ4n) is 2.75. The number of amides is 1. The molecule has 6 heteroatoms. The molecule has 0 bridgehead atoms. The molecule has 1 amide bonds. The van der Waals surface area contributed by atoms with E-state index in [-0.39, 0.29) is 5.91 Å². The van der Waals surface area contributed by atoms with E-state index in [1.807, 2.05) is 4.68 Å². The van der Waals surface area contributed by atoms with E-state index >= 15 is 0 Å². The van der Waals surface area contributed by atoms with Crippen molar-refractivity contribution in [3.05, 3.63) is 11.9 Å². The summed E-state index contributed by atoms with van der Waals surface area (Å²) >= 11 is 0. The third-order valence-electron chi connectivity index (χ3n) is 4.19. The number of rotatable bonds is 4. The Bertz CT molecular complexity index is 452. The maximum absolute atomic E-state index is 12.0. The average Bonchev–Trinajstić information content (AvgIpc) is 3.01. The Balaban J connectivity index is 1.59. The largest absolute Gasteiger partial charge is 0.348 e. The van der Waals surface area contributed by atoms with Crippen LogP contribution in [0.2, 0.25) is 0 Å². The summed E-state index contributed by atoms with van der Waals surface area (Å²) in [6.45, 7) is 4.17. The summed E-state index contributed by atoms with van der Waals surface area (Å²) in [6, 6.07) is 0.723. The van der Waals surface area contributed by atoms with E-state index in [1.54, 1.807) is 6.20 Å². The smallest absolute Gasteiger partial charge is 0.273 e. The molecule has 0 aromatic carbocycles. The molecule has 19 heavy (non-hydrogen) atoms. The number of nitrogens with zero attached hydrogens (tertiary/aromatic N) is 3. The minimum Gasteiger partial charge on any atom is -0.348 e. The number of nitrogens with one attached hydrogen (secondary N) is 2. The van der Waals surface area contributed by atoms with Crippen molar-refractivity contribution in [2.75, 3.05) is 13.1 Å². The zero-order chi connectivity index (χ0) is 13.2. The van der Waals surface area contributed by atoms with E-state index in [1.165, 1.54) is 0 Å². The highest BCUT2D eigenvalue weighted by molar-refractivity contribution is 5.92. The Kier molecular flexibility index (Phi) is 3.50. The van der Waals surface area contributed by atoms with Gasteiger partial charge in [0, 0.05) is 6.04 Å². The van der Waals surface area contributed by atoms with Crippen LogP contribution in [0.5, 0.6) is 0 Å². The molecular weight excluding hydrogens is 242 g/mol. The van der Waals surface area contributed by atoms with Crippen LogP contribution in [0.3, 0.4) is 0 Å². The second kappa shape index (κ2) is 5.28. The predicted molar refractivity (Wildman–Crippen MR) is 70.8 cm³/mol. The van der Waals surface area contributed by atoms with Gasteiger partial charge >= 0.3 is 0 Å². The first-order chi connectivity index (χ1) is 9.28. The Morgan fingerprint density at radius 3 is 3.00 bits per heavy atom. The first-order valence-electron chi connectivity index (χ1n) is 7.21. The standard InChI is InChI=1S/C13H21N5O/c1-2-9-7-11(9)15-13(19)12-8-18(17-16-12)10-3-5-14-6-4-10/h8-11,14H,2-7H2,1H3,(H,15,19). The molecule has 1 aliphatic carbocycles. The second-order valence-corrected chi connectivity index (χ2v) is 5.55. The van der Waals surface area contributed by atoms with Gasteiger partial charge < -0.3 is 10.6 Å². The van der Waals surface area contributed by atoms with Gasteiger partial charge in [0.1, 0.15) is 0 Å². The van der Waals surface area contributed by atoms with Gasteiger partial charge in [-0.3, -0.25) is 4.79 Å². The number of piperidine rings is 1. The Morgan fingerprint density at radius 1 is 1.53 bits per heavy atom. The molecule has 0 spiro atoms. The van der Waals surface area contributed by atoms with Crippen LogP contribution in [0.25, 0.3) is 0 Å². The van der Waals surface area contributed by atoms with E-state index in [2.05, 4.69) is 27.9 Å². The predicted octanol–water partition coefficient (Wildman–Crippen LogP) is 0.731. The quantitative estimate of drug-likeness (QED) is 0.840. The molecule has 1 aromatic heterocycles. The van der Waals surface area contributed by atoms with Crippen LogP contribution in [-0.2, 0) is 0 Å². The lowest BCUT2D eigenvalue weighted by molar-refractivity contribution is 0.0944. The highest BCUT2D eigenvalue weighted by Crippen LogP contribution is 2.33. The van der Waals surface area contributed by atoms with E-state index in [0.717, 1.165) is 38.8 Å². The monoisotopic (exact) mass is 263 g/mol. The van der Waals surface area contributed by atoms with Crippen molar-refractivity contribution >= 4 is 5.91 Å². The number of hydrogen-bond acceptors (Lipinski definition) is 4. The third-order valence-corrected chi connectivity index (χ3v) is 4.19. The number of carbonyl (C=O) groups is 1. The van der Waals surface area contributed by atoms with Gasteiger partial charge in [-0.05, 0) is 38.3 Å². The van der Waals surface area contributed by atoms with Crippen molar-refractivity contribution in [1.82, 2.24) is 25.6 Å². The minimum atomic E-state index is -0.0823. The van der Waals surface area contributed by atoms with Crippen molar-refractivity contribution in [2.45, 2.75) is 44.7 Å². The summed E-state index contributed by atoms with van der Waals surface area (Å²) in [4.78, 5) is 12.0. The second-order valence-electron chi connectivity index (χ2n) is 5.55. The van der Waals surface area contributed by atoms with Gasteiger partial charge in [0.15, 0.2) is 5.69 Å². The van der Waals surface area contributed by atoms with Gasteiger partial charge in [-0.25, -0.2) is 4.68 Å². The summed E-state index contributed by atoms with van der Waals surface area (Å²) in [5.74, 6) is 0.574. The highest BCUT2D eigenvalue weighted by atomic mass is 16.2. The lowest BCUT2D eigenvalue weighted by Gasteiger charge is -2.22. The lowest BCUT2D eigenvalue weighted by Crippen LogP contribution is -2.29. The SMILES string of the molecule is CCC1CC1NC(=O)c1cn(C2CCNCC2)nn1. The molecule has 3 rings (SSSR count). The van der Waals surface area contributed by atoms with Crippen LogP contribution in [0.1, 0.15) is 49.1 Å². The molecule has 2 unspecified atom stereocenters. The molecule has 104 valence electrons. The zero-order valence-electron chi connectivity index (χ0n) is 11.3. The van der Waals surface area contributed by atoms with Crippen LogP contribution in [0, 0.1) is 5.92 Å². The molecule has 2 atom stereocenters. The molecule has 6 nitrogen and oxygen atoms in total. The fraction of sp³-hybridized carbons (Fsp3) is 0.769. The van der Waals surface area contributed by atoms with E-state index in [9.17, 15) is 4.79 Å². The summed E-state index contributed by atoms with van der Waals surface area (Å²) in [6.07, 6.45) is 6.11. The van der Waals surface area contributed by atoms with Crippen molar-refractivity contribution in [3.63, 3.8) is 0 Å². The van der Waals surface area contributed by atoms with E-state index in [0.29, 0.717) is 23.7 Å². The Morgan fingerprint density at radius 2 is 2.32 bits per heavy atom. The highest BCUT2D eigenvalue weighted by Gasteiger charge is 2.37. The van der Waals surface area contributed by atoms with Gasteiger partial charge in [-0.15, -0.1) is 5.10 Å². The van der Waals surface area contributed by atoms with Crippen LogP contribution in [-0.4, -0.2) is 40.0 Å². The van der Waals surface area contributed by atoms with Gasteiger partial charge in [0.05, 0.1) is 12.2 Å². The molecule has 2 heterocycles. The first-order valence-corrected chi connectivity index (χ1v) is 7.21. The van der Waals surface area contributed by atoms with Crippen molar-refractivity contribution < 1.29 is 4.79 Å². The number of hydrogen-bond donors (Lipinski definition) is 2. The number of aromatic nitrogens is 3. The van der Waals surface area contributed by atoms with Crippen LogP contribution in [0.15, 0.2) is 6.20 Å². The Labute approximate surface area is 112 Å². The summed E-state index contributed by atoms with van der Waals surface area (Å²) in [7, 11) is 0. The summed E-state index contributed by atoms with van der Waals surface area (Å²) in [5, 5.41) is 14.4.